The van der Waals surface area contributed by atoms with Crippen molar-refractivity contribution >= 4 is 39.1 Å². The Hall–Kier alpha value is -1.60. The van der Waals surface area contributed by atoms with Gasteiger partial charge in [0.2, 0.25) is 15.9 Å². The van der Waals surface area contributed by atoms with Gasteiger partial charge in [0, 0.05) is 41.2 Å². The summed E-state index contributed by atoms with van der Waals surface area (Å²) in [7, 11) is -3.56. The number of benzene rings is 2. The zero-order chi connectivity index (χ0) is 21.0. The molecule has 0 spiro atoms. The van der Waals surface area contributed by atoms with E-state index < -0.39 is 10.0 Å². The Balaban J connectivity index is 1.55. The van der Waals surface area contributed by atoms with E-state index in [4.69, 9.17) is 23.2 Å². The van der Waals surface area contributed by atoms with Crippen molar-refractivity contribution in [2.45, 2.75) is 32.1 Å². The Bertz CT molecular complexity index is 967. The molecule has 0 unspecified atom stereocenters. The molecule has 1 amide bonds. The van der Waals surface area contributed by atoms with Gasteiger partial charge in [0.25, 0.3) is 0 Å². The lowest BCUT2D eigenvalue weighted by Gasteiger charge is -2.30. The van der Waals surface area contributed by atoms with Gasteiger partial charge in [-0.2, -0.15) is 0 Å². The van der Waals surface area contributed by atoms with E-state index in [-0.39, 0.29) is 17.6 Å². The topological polar surface area (TPSA) is 66.5 Å². The Morgan fingerprint density at radius 3 is 2.31 bits per heavy atom. The van der Waals surface area contributed by atoms with Crippen molar-refractivity contribution in [2.75, 3.05) is 13.1 Å². The number of hydrogen-bond donors (Lipinski definition) is 1. The number of rotatable bonds is 6. The molecule has 0 bridgehead atoms. The van der Waals surface area contributed by atoms with Crippen molar-refractivity contribution < 1.29 is 13.2 Å². The summed E-state index contributed by atoms with van der Waals surface area (Å²) >= 11 is 12.2. The average Bonchev–Trinajstić information content (AvgIpc) is 2.70. The normalized spacial score (nSPS) is 16.0. The Labute approximate surface area is 182 Å². The largest absolute Gasteiger partial charge is 0.352 e. The lowest BCUT2D eigenvalue weighted by molar-refractivity contribution is -0.126. The second-order valence-electron chi connectivity index (χ2n) is 7.27. The van der Waals surface area contributed by atoms with Crippen LogP contribution in [0.15, 0.2) is 42.5 Å². The number of carbonyl (C=O) groups is 1. The van der Waals surface area contributed by atoms with E-state index in [9.17, 15) is 13.2 Å². The van der Waals surface area contributed by atoms with Crippen molar-refractivity contribution in [3.05, 3.63) is 69.2 Å². The van der Waals surface area contributed by atoms with Crippen LogP contribution < -0.4 is 5.32 Å². The fourth-order valence-electron chi connectivity index (χ4n) is 3.48. The number of hydrogen-bond acceptors (Lipinski definition) is 3. The van der Waals surface area contributed by atoms with Crippen LogP contribution in [-0.2, 0) is 27.1 Å². The molecule has 0 aliphatic carbocycles. The van der Waals surface area contributed by atoms with Crippen LogP contribution in [0.1, 0.15) is 29.5 Å². The average molecular weight is 455 g/mol. The predicted octanol–water partition coefficient (Wildman–Crippen LogP) is 4.16. The molecule has 8 heteroatoms. The monoisotopic (exact) mass is 454 g/mol. The first kappa shape index (κ1) is 22.1. The number of halogens is 2. The lowest BCUT2D eigenvalue weighted by atomic mass is 9.97. The highest BCUT2D eigenvalue weighted by molar-refractivity contribution is 7.88. The SMILES string of the molecule is Cc1ccccc1CNC(=O)C1CCN(S(=O)(=O)Cc2c(Cl)cccc2Cl)CC1. The van der Waals surface area contributed by atoms with Crippen molar-refractivity contribution in [2.24, 2.45) is 5.92 Å². The second kappa shape index (κ2) is 9.47. The first-order chi connectivity index (χ1) is 13.8. The molecule has 5 nitrogen and oxygen atoms in total. The quantitative estimate of drug-likeness (QED) is 0.712. The molecule has 1 aliphatic heterocycles. The van der Waals surface area contributed by atoms with E-state index in [0.717, 1.165) is 11.1 Å². The van der Waals surface area contributed by atoms with Crippen LogP contribution >= 0.6 is 23.2 Å². The number of sulfonamides is 1. The van der Waals surface area contributed by atoms with Gasteiger partial charge in [-0.15, -0.1) is 0 Å². The van der Waals surface area contributed by atoms with Crippen LogP contribution in [-0.4, -0.2) is 31.7 Å². The Kier molecular flexibility index (Phi) is 7.22. The minimum atomic E-state index is -3.56. The van der Waals surface area contributed by atoms with E-state index in [1.807, 2.05) is 31.2 Å². The van der Waals surface area contributed by atoms with Crippen LogP contribution in [0.25, 0.3) is 0 Å². The predicted molar refractivity (Wildman–Crippen MR) is 116 cm³/mol. The highest BCUT2D eigenvalue weighted by atomic mass is 35.5. The summed E-state index contributed by atoms with van der Waals surface area (Å²) in [5, 5.41) is 3.65. The van der Waals surface area contributed by atoms with Gasteiger partial charge in [-0.3, -0.25) is 4.79 Å². The van der Waals surface area contributed by atoms with E-state index in [1.54, 1.807) is 18.2 Å². The van der Waals surface area contributed by atoms with Gasteiger partial charge < -0.3 is 5.32 Å². The summed E-state index contributed by atoms with van der Waals surface area (Å²) < 4.78 is 27.0. The standard InChI is InChI=1S/C21H24Cl2N2O3S/c1-15-5-2-3-6-17(15)13-24-21(26)16-9-11-25(12-10-16)29(27,28)14-18-19(22)7-4-8-20(18)23/h2-8,16H,9-14H2,1H3,(H,24,26). The zero-order valence-electron chi connectivity index (χ0n) is 16.2. The molecule has 1 aliphatic rings. The van der Waals surface area contributed by atoms with Gasteiger partial charge in [-0.1, -0.05) is 53.5 Å². The number of amides is 1. The maximum atomic E-state index is 12.8. The van der Waals surface area contributed by atoms with Crippen LogP contribution in [0.3, 0.4) is 0 Å². The van der Waals surface area contributed by atoms with Gasteiger partial charge in [-0.25, -0.2) is 12.7 Å². The molecule has 29 heavy (non-hydrogen) atoms. The van der Waals surface area contributed by atoms with Crippen LogP contribution in [0.5, 0.6) is 0 Å². The van der Waals surface area contributed by atoms with E-state index in [2.05, 4.69) is 5.32 Å². The summed E-state index contributed by atoms with van der Waals surface area (Å²) in [5.41, 5.74) is 2.62. The van der Waals surface area contributed by atoms with Crippen LogP contribution in [0.2, 0.25) is 10.0 Å². The van der Waals surface area contributed by atoms with Crippen molar-refractivity contribution in [1.29, 1.82) is 0 Å². The molecule has 2 aromatic carbocycles. The third-order valence-corrected chi connectivity index (χ3v) is 7.83. The Morgan fingerprint density at radius 2 is 1.69 bits per heavy atom. The molecule has 1 heterocycles. The number of carbonyl (C=O) groups excluding carboxylic acids is 1. The molecule has 1 N–H and O–H groups in total. The third-order valence-electron chi connectivity index (χ3n) is 5.32. The molecule has 1 fully saturated rings. The number of piperidine rings is 1. The highest BCUT2D eigenvalue weighted by Gasteiger charge is 2.31. The molecule has 0 aromatic heterocycles. The van der Waals surface area contributed by atoms with Crippen molar-refractivity contribution in [3.63, 3.8) is 0 Å². The molecule has 2 aromatic rings. The number of nitrogens with one attached hydrogen (secondary N) is 1. The zero-order valence-corrected chi connectivity index (χ0v) is 18.5. The van der Waals surface area contributed by atoms with Gasteiger partial charge in [0.15, 0.2) is 0 Å². The smallest absolute Gasteiger partial charge is 0.223 e. The first-order valence-corrected chi connectivity index (χ1v) is 11.9. The lowest BCUT2D eigenvalue weighted by Crippen LogP contribution is -2.43. The van der Waals surface area contributed by atoms with Crippen LogP contribution in [0, 0.1) is 12.8 Å². The van der Waals surface area contributed by atoms with Gasteiger partial charge in [0.05, 0.1) is 5.75 Å². The van der Waals surface area contributed by atoms with Crippen molar-refractivity contribution in [3.8, 4) is 0 Å². The summed E-state index contributed by atoms with van der Waals surface area (Å²) in [6.45, 7) is 3.12. The van der Waals surface area contributed by atoms with E-state index in [0.29, 0.717) is 48.1 Å². The molecule has 0 atom stereocenters. The summed E-state index contributed by atoms with van der Waals surface area (Å²) in [6, 6.07) is 12.9. The first-order valence-electron chi connectivity index (χ1n) is 9.51. The molecule has 3 rings (SSSR count). The van der Waals surface area contributed by atoms with Crippen LogP contribution in [0.4, 0.5) is 0 Å². The molecular weight excluding hydrogens is 431 g/mol. The summed E-state index contributed by atoms with van der Waals surface area (Å²) in [6.07, 6.45) is 0.990. The number of nitrogens with zero attached hydrogens (tertiary/aromatic N) is 1. The summed E-state index contributed by atoms with van der Waals surface area (Å²) in [4.78, 5) is 12.5. The minimum absolute atomic E-state index is 0.0283. The third kappa shape index (κ3) is 5.51. The molecule has 1 saturated heterocycles. The maximum absolute atomic E-state index is 12.8. The van der Waals surface area contributed by atoms with Gasteiger partial charge in [-0.05, 0) is 43.0 Å². The fourth-order valence-corrected chi connectivity index (χ4v) is 5.79. The number of aryl methyl sites for hydroxylation is 1. The fraction of sp³-hybridized carbons (Fsp3) is 0.381. The summed E-state index contributed by atoms with van der Waals surface area (Å²) in [5.74, 6) is -0.454. The maximum Gasteiger partial charge on any atom is 0.223 e. The van der Waals surface area contributed by atoms with Gasteiger partial charge >= 0.3 is 0 Å². The molecule has 156 valence electrons. The van der Waals surface area contributed by atoms with Gasteiger partial charge in [0.1, 0.15) is 0 Å². The van der Waals surface area contributed by atoms with E-state index >= 15 is 0 Å². The molecule has 0 saturated carbocycles. The minimum Gasteiger partial charge on any atom is -0.352 e. The molecular formula is C21H24Cl2N2O3S. The highest BCUT2D eigenvalue weighted by Crippen LogP contribution is 2.29. The second-order valence-corrected chi connectivity index (χ2v) is 10.1. The van der Waals surface area contributed by atoms with E-state index in [1.165, 1.54) is 4.31 Å². The Morgan fingerprint density at radius 1 is 1.07 bits per heavy atom. The van der Waals surface area contributed by atoms with Crippen molar-refractivity contribution in [1.82, 2.24) is 9.62 Å². The molecule has 0 radical (unpaired) electrons.